The smallest absolute Gasteiger partial charge is 0.309 e. The Morgan fingerprint density at radius 2 is 1.84 bits per heavy atom. The summed E-state index contributed by atoms with van der Waals surface area (Å²) in [6, 6.07) is 5.03. The predicted molar refractivity (Wildman–Crippen MR) is 116 cm³/mol. The average Bonchev–Trinajstić information content (AvgIpc) is 2.79. The number of unbranched alkanes of at least 4 members (excludes halogenated alkanes) is 1. The number of methoxy groups -OCH3 is 1. The number of carbonyl (C=O) groups excluding carboxylic acids is 3. The number of carbonyl (C=O) groups is 3. The highest BCUT2D eigenvalue weighted by atomic mass is 16.5. The molecule has 0 aromatic heterocycles. The molecule has 1 heterocycles. The molecule has 8 heteroatoms. The SMILES string of the molecule is CCCCOc1ccc(C(=O)N(C)CC(=O)N2CCC(C(=O)OCC)CC2)cc1OC. The van der Waals surface area contributed by atoms with Gasteiger partial charge in [-0.2, -0.15) is 0 Å². The van der Waals surface area contributed by atoms with E-state index < -0.39 is 0 Å². The number of nitrogens with zero attached hydrogens (tertiary/aromatic N) is 2. The van der Waals surface area contributed by atoms with Crippen LogP contribution in [0, 0.1) is 5.92 Å². The summed E-state index contributed by atoms with van der Waals surface area (Å²) in [5, 5.41) is 0. The number of benzene rings is 1. The Labute approximate surface area is 184 Å². The van der Waals surface area contributed by atoms with Crippen molar-refractivity contribution in [1.29, 1.82) is 0 Å². The Balaban J connectivity index is 1.91. The van der Waals surface area contributed by atoms with Gasteiger partial charge < -0.3 is 24.0 Å². The first-order valence-electron chi connectivity index (χ1n) is 10.9. The Bertz CT molecular complexity index is 758. The molecule has 0 spiro atoms. The van der Waals surface area contributed by atoms with Crippen molar-refractivity contribution in [2.75, 3.05) is 47.0 Å². The lowest BCUT2D eigenvalue weighted by Crippen LogP contribution is -2.45. The van der Waals surface area contributed by atoms with E-state index in [9.17, 15) is 14.4 Å². The topological polar surface area (TPSA) is 85.4 Å². The highest BCUT2D eigenvalue weighted by molar-refractivity contribution is 5.97. The number of amides is 2. The van der Waals surface area contributed by atoms with Crippen LogP contribution in [0.4, 0.5) is 0 Å². The summed E-state index contributed by atoms with van der Waals surface area (Å²) < 4.78 is 16.1. The fraction of sp³-hybridized carbons (Fsp3) is 0.609. The largest absolute Gasteiger partial charge is 0.493 e. The van der Waals surface area contributed by atoms with Crippen LogP contribution in [-0.2, 0) is 14.3 Å². The minimum absolute atomic E-state index is 0.0278. The molecule has 1 saturated heterocycles. The fourth-order valence-corrected chi connectivity index (χ4v) is 3.47. The minimum Gasteiger partial charge on any atom is -0.493 e. The Hall–Kier alpha value is -2.77. The maximum Gasteiger partial charge on any atom is 0.309 e. The number of piperidine rings is 1. The van der Waals surface area contributed by atoms with Crippen molar-refractivity contribution in [1.82, 2.24) is 9.80 Å². The van der Waals surface area contributed by atoms with Crippen molar-refractivity contribution in [3.8, 4) is 11.5 Å². The molecule has 1 aliphatic heterocycles. The van der Waals surface area contributed by atoms with Crippen LogP contribution in [0.1, 0.15) is 49.9 Å². The molecule has 0 saturated carbocycles. The van der Waals surface area contributed by atoms with Crippen LogP contribution in [-0.4, -0.2) is 74.6 Å². The van der Waals surface area contributed by atoms with E-state index in [4.69, 9.17) is 14.2 Å². The van der Waals surface area contributed by atoms with Gasteiger partial charge in [0.25, 0.3) is 5.91 Å². The molecular weight excluding hydrogens is 400 g/mol. The fourth-order valence-electron chi connectivity index (χ4n) is 3.47. The van der Waals surface area contributed by atoms with Crippen molar-refractivity contribution >= 4 is 17.8 Å². The van der Waals surface area contributed by atoms with Gasteiger partial charge in [-0.05, 0) is 44.4 Å². The zero-order valence-electron chi connectivity index (χ0n) is 19.0. The summed E-state index contributed by atoms with van der Waals surface area (Å²) in [7, 11) is 3.13. The molecule has 0 unspecified atom stereocenters. The monoisotopic (exact) mass is 434 g/mol. The summed E-state index contributed by atoms with van der Waals surface area (Å²) in [5.41, 5.74) is 0.427. The molecule has 1 aromatic rings. The standard InChI is InChI=1S/C23H34N2O6/c1-5-7-14-31-19-9-8-18(15-20(19)29-4)22(27)24(3)16-21(26)25-12-10-17(11-13-25)23(28)30-6-2/h8-9,15,17H,5-7,10-14,16H2,1-4H3. The highest BCUT2D eigenvalue weighted by Crippen LogP contribution is 2.29. The lowest BCUT2D eigenvalue weighted by atomic mass is 9.97. The second-order valence-corrected chi connectivity index (χ2v) is 7.64. The Morgan fingerprint density at radius 3 is 2.45 bits per heavy atom. The number of esters is 1. The number of likely N-dealkylation sites (tertiary alicyclic amines) is 1. The summed E-state index contributed by atoms with van der Waals surface area (Å²) in [6.07, 6.45) is 3.13. The molecule has 0 atom stereocenters. The van der Waals surface area contributed by atoms with E-state index in [0.717, 1.165) is 12.8 Å². The van der Waals surface area contributed by atoms with E-state index in [0.29, 0.717) is 56.2 Å². The molecular formula is C23H34N2O6. The van der Waals surface area contributed by atoms with E-state index in [1.165, 1.54) is 12.0 Å². The highest BCUT2D eigenvalue weighted by Gasteiger charge is 2.29. The van der Waals surface area contributed by atoms with Gasteiger partial charge in [0, 0.05) is 25.7 Å². The summed E-state index contributed by atoms with van der Waals surface area (Å²) in [6.45, 7) is 5.76. The molecule has 172 valence electrons. The van der Waals surface area contributed by atoms with Gasteiger partial charge in [0.2, 0.25) is 5.91 Å². The quantitative estimate of drug-likeness (QED) is 0.416. The zero-order chi connectivity index (χ0) is 22.8. The normalized spacial score (nSPS) is 14.1. The lowest BCUT2D eigenvalue weighted by molar-refractivity contribution is -0.151. The first kappa shape index (κ1) is 24.5. The molecule has 8 nitrogen and oxygen atoms in total. The summed E-state index contributed by atoms with van der Waals surface area (Å²) in [4.78, 5) is 40.4. The van der Waals surface area contributed by atoms with Crippen LogP contribution >= 0.6 is 0 Å². The molecule has 1 fully saturated rings. The van der Waals surface area contributed by atoms with Gasteiger partial charge in [-0.3, -0.25) is 14.4 Å². The first-order chi connectivity index (χ1) is 14.9. The second kappa shape index (κ2) is 12.2. The number of hydrogen-bond acceptors (Lipinski definition) is 6. The van der Waals surface area contributed by atoms with Crippen molar-refractivity contribution in [2.45, 2.75) is 39.5 Å². The van der Waals surface area contributed by atoms with Crippen LogP contribution in [0.25, 0.3) is 0 Å². The maximum atomic E-state index is 12.8. The second-order valence-electron chi connectivity index (χ2n) is 7.64. The molecule has 0 radical (unpaired) electrons. The van der Waals surface area contributed by atoms with Crippen molar-refractivity contribution in [2.24, 2.45) is 5.92 Å². The van der Waals surface area contributed by atoms with E-state index in [2.05, 4.69) is 6.92 Å². The molecule has 2 amide bonds. The average molecular weight is 435 g/mol. The molecule has 1 aliphatic rings. The van der Waals surface area contributed by atoms with Gasteiger partial charge in [-0.25, -0.2) is 0 Å². The molecule has 0 bridgehead atoms. The molecule has 31 heavy (non-hydrogen) atoms. The molecule has 0 N–H and O–H groups in total. The van der Waals surface area contributed by atoms with Crippen molar-refractivity contribution < 1.29 is 28.6 Å². The molecule has 1 aromatic carbocycles. The number of ether oxygens (including phenoxy) is 3. The molecule has 0 aliphatic carbocycles. The van der Waals surface area contributed by atoms with Crippen LogP contribution in [0.5, 0.6) is 11.5 Å². The Morgan fingerprint density at radius 1 is 1.13 bits per heavy atom. The van der Waals surface area contributed by atoms with Gasteiger partial charge in [-0.1, -0.05) is 13.3 Å². The summed E-state index contributed by atoms with van der Waals surface area (Å²) in [5.74, 6) is 0.322. The van der Waals surface area contributed by atoms with Crippen LogP contribution in [0.2, 0.25) is 0 Å². The van der Waals surface area contributed by atoms with E-state index in [1.807, 2.05) is 0 Å². The van der Waals surface area contributed by atoms with E-state index >= 15 is 0 Å². The van der Waals surface area contributed by atoms with Gasteiger partial charge in [-0.15, -0.1) is 0 Å². The van der Waals surface area contributed by atoms with Gasteiger partial charge in [0.15, 0.2) is 11.5 Å². The first-order valence-corrected chi connectivity index (χ1v) is 10.9. The maximum absolute atomic E-state index is 12.8. The number of hydrogen-bond donors (Lipinski definition) is 0. The van der Waals surface area contributed by atoms with Crippen LogP contribution < -0.4 is 9.47 Å². The molecule has 2 rings (SSSR count). The van der Waals surface area contributed by atoms with Gasteiger partial charge >= 0.3 is 5.97 Å². The summed E-state index contributed by atoms with van der Waals surface area (Å²) >= 11 is 0. The Kier molecular flexibility index (Phi) is 9.62. The van der Waals surface area contributed by atoms with E-state index in [-0.39, 0.29) is 30.2 Å². The van der Waals surface area contributed by atoms with Gasteiger partial charge in [0.1, 0.15) is 0 Å². The zero-order valence-corrected chi connectivity index (χ0v) is 19.0. The third-order valence-corrected chi connectivity index (χ3v) is 5.35. The van der Waals surface area contributed by atoms with Crippen LogP contribution in [0.15, 0.2) is 18.2 Å². The third kappa shape index (κ3) is 6.87. The van der Waals surface area contributed by atoms with E-state index in [1.54, 1.807) is 37.1 Å². The van der Waals surface area contributed by atoms with Crippen LogP contribution in [0.3, 0.4) is 0 Å². The van der Waals surface area contributed by atoms with Gasteiger partial charge in [0.05, 0.1) is 32.8 Å². The lowest BCUT2D eigenvalue weighted by Gasteiger charge is -2.32. The van der Waals surface area contributed by atoms with Crippen molar-refractivity contribution in [3.63, 3.8) is 0 Å². The number of rotatable bonds is 10. The predicted octanol–water partition coefficient (Wildman–Crippen LogP) is 2.75. The van der Waals surface area contributed by atoms with Crippen molar-refractivity contribution in [3.05, 3.63) is 23.8 Å². The minimum atomic E-state index is -0.270. The third-order valence-electron chi connectivity index (χ3n) is 5.35. The number of likely N-dealkylation sites (N-methyl/N-ethyl adjacent to an activating group) is 1.